The fourth-order valence-corrected chi connectivity index (χ4v) is 2.91. The number of halogens is 2. The topological polar surface area (TPSA) is 63.3 Å². The molecule has 0 radical (unpaired) electrons. The van der Waals surface area contributed by atoms with Crippen LogP contribution < -0.4 is 5.73 Å². The number of thiophene rings is 1. The fraction of sp³-hybridized carbons (Fsp3) is 0.214. The molecule has 0 saturated heterocycles. The van der Waals surface area contributed by atoms with E-state index in [2.05, 4.69) is 0 Å². The van der Waals surface area contributed by atoms with Gasteiger partial charge in [-0.15, -0.1) is 12.4 Å². The number of nitrogens with two attached hydrogens (primary N) is 1. The van der Waals surface area contributed by atoms with Crippen molar-refractivity contribution in [2.24, 2.45) is 5.73 Å². The molecule has 0 unspecified atom stereocenters. The Balaban J connectivity index is 0.00000200. The molecule has 2 aromatic rings. The average molecular weight is 332 g/mol. The van der Waals surface area contributed by atoms with Gasteiger partial charge in [0.2, 0.25) is 0 Å². The zero-order valence-electron chi connectivity index (χ0n) is 10.6. The molecular formula is C14H15Cl2NO2S. The van der Waals surface area contributed by atoms with E-state index in [4.69, 9.17) is 22.4 Å². The summed E-state index contributed by atoms with van der Waals surface area (Å²) in [6.45, 7) is 0.297. The summed E-state index contributed by atoms with van der Waals surface area (Å²) in [6.07, 6.45) is 0.0231. The van der Waals surface area contributed by atoms with E-state index >= 15 is 0 Å². The van der Waals surface area contributed by atoms with E-state index in [1.165, 1.54) is 0 Å². The van der Waals surface area contributed by atoms with E-state index in [-0.39, 0.29) is 24.7 Å². The smallest absolute Gasteiger partial charge is 0.304 e. The molecule has 20 heavy (non-hydrogen) atoms. The van der Waals surface area contributed by atoms with E-state index in [1.54, 1.807) is 17.4 Å². The number of carboxylic acids is 1. The maximum Gasteiger partial charge on any atom is 0.304 e. The fourth-order valence-electron chi connectivity index (χ4n) is 2.08. The Morgan fingerprint density at radius 3 is 2.70 bits per heavy atom. The highest BCUT2D eigenvalue weighted by Crippen LogP contribution is 2.34. The summed E-state index contributed by atoms with van der Waals surface area (Å²) in [5.41, 5.74) is 8.67. The first-order valence-corrected chi connectivity index (χ1v) is 7.17. The molecule has 2 rings (SSSR count). The molecule has 0 amide bonds. The molecule has 0 aliphatic carbocycles. The summed E-state index contributed by atoms with van der Waals surface area (Å²) in [4.78, 5) is 10.9. The molecule has 1 atom stereocenters. The SMILES string of the molecule is Cl.NC[C@H](CC(=O)O)c1ccc(Cl)cc1-c1ccsc1. The molecule has 1 aromatic heterocycles. The van der Waals surface area contributed by atoms with Gasteiger partial charge in [-0.1, -0.05) is 17.7 Å². The van der Waals surface area contributed by atoms with Gasteiger partial charge in [0.05, 0.1) is 6.42 Å². The van der Waals surface area contributed by atoms with E-state index in [0.717, 1.165) is 16.7 Å². The zero-order valence-corrected chi connectivity index (χ0v) is 13.0. The van der Waals surface area contributed by atoms with Gasteiger partial charge in [-0.2, -0.15) is 11.3 Å². The van der Waals surface area contributed by atoms with E-state index in [0.29, 0.717) is 11.6 Å². The molecule has 0 aliphatic rings. The van der Waals surface area contributed by atoms with Crippen LogP contribution in [0.5, 0.6) is 0 Å². The Labute approximate surface area is 132 Å². The van der Waals surface area contributed by atoms with Crippen LogP contribution in [0, 0.1) is 0 Å². The minimum absolute atomic E-state index is 0. The van der Waals surface area contributed by atoms with Crippen molar-refractivity contribution in [1.82, 2.24) is 0 Å². The van der Waals surface area contributed by atoms with E-state index in [9.17, 15) is 4.79 Å². The quantitative estimate of drug-likeness (QED) is 0.870. The van der Waals surface area contributed by atoms with Crippen LogP contribution >= 0.6 is 35.3 Å². The van der Waals surface area contributed by atoms with Crippen molar-refractivity contribution in [3.8, 4) is 11.1 Å². The first-order valence-electron chi connectivity index (χ1n) is 5.85. The summed E-state index contributed by atoms with van der Waals surface area (Å²) in [7, 11) is 0. The predicted octanol–water partition coefficient (Wildman–Crippen LogP) is 4.01. The third kappa shape index (κ3) is 3.96. The van der Waals surface area contributed by atoms with Crippen LogP contribution in [0.15, 0.2) is 35.0 Å². The first kappa shape index (κ1) is 17.0. The molecule has 0 aliphatic heterocycles. The molecule has 0 bridgehead atoms. The number of aliphatic carboxylic acids is 1. The molecule has 1 heterocycles. The Kier molecular flexibility index (Phi) is 6.49. The van der Waals surface area contributed by atoms with Gasteiger partial charge < -0.3 is 10.8 Å². The van der Waals surface area contributed by atoms with Crippen molar-refractivity contribution in [3.05, 3.63) is 45.6 Å². The Bertz CT molecular complexity index is 573. The second-order valence-corrected chi connectivity index (χ2v) is 5.49. The van der Waals surface area contributed by atoms with Crippen molar-refractivity contribution in [3.63, 3.8) is 0 Å². The predicted molar refractivity (Wildman–Crippen MR) is 86.1 cm³/mol. The lowest BCUT2D eigenvalue weighted by molar-refractivity contribution is -0.137. The van der Waals surface area contributed by atoms with Gasteiger partial charge in [0, 0.05) is 10.9 Å². The third-order valence-corrected chi connectivity index (χ3v) is 3.91. The first-order chi connectivity index (χ1) is 9.11. The Morgan fingerprint density at radius 1 is 1.40 bits per heavy atom. The second-order valence-electron chi connectivity index (χ2n) is 4.27. The van der Waals surface area contributed by atoms with Gasteiger partial charge in [0.15, 0.2) is 0 Å². The summed E-state index contributed by atoms with van der Waals surface area (Å²) >= 11 is 7.63. The summed E-state index contributed by atoms with van der Waals surface area (Å²) < 4.78 is 0. The van der Waals surface area contributed by atoms with Crippen molar-refractivity contribution in [2.75, 3.05) is 6.54 Å². The average Bonchev–Trinajstić information content (AvgIpc) is 2.89. The highest BCUT2D eigenvalue weighted by Gasteiger charge is 2.18. The largest absolute Gasteiger partial charge is 0.481 e. The number of carboxylic acid groups (broad SMARTS) is 1. The van der Waals surface area contributed by atoms with Crippen molar-refractivity contribution in [1.29, 1.82) is 0 Å². The normalized spacial score (nSPS) is 11.7. The van der Waals surface area contributed by atoms with Crippen molar-refractivity contribution >= 4 is 41.3 Å². The monoisotopic (exact) mass is 331 g/mol. The van der Waals surface area contributed by atoms with Crippen LogP contribution in [0.2, 0.25) is 5.02 Å². The van der Waals surface area contributed by atoms with Gasteiger partial charge in [-0.3, -0.25) is 4.79 Å². The third-order valence-electron chi connectivity index (χ3n) is 2.99. The number of hydrogen-bond donors (Lipinski definition) is 2. The molecule has 0 fully saturated rings. The standard InChI is InChI=1S/C14H14ClNO2S.ClH/c15-11-1-2-12(10(7-16)5-14(17)18)13(6-11)9-3-4-19-8-9;/h1-4,6,8,10H,5,7,16H2,(H,17,18);1H/t10-;/m0./s1. The maximum absolute atomic E-state index is 10.9. The lowest BCUT2D eigenvalue weighted by Crippen LogP contribution is -2.17. The summed E-state index contributed by atoms with van der Waals surface area (Å²) in [6, 6.07) is 7.50. The number of hydrogen-bond acceptors (Lipinski definition) is 3. The highest BCUT2D eigenvalue weighted by molar-refractivity contribution is 7.08. The van der Waals surface area contributed by atoms with Crippen LogP contribution in [-0.2, 0) is 4.79 Å². The molecular weight excluding hydrogens is 317 g/mol. The van der Waals surface area contributed by atoms with Crippen LogP contribution in [0.1, 0.15) is 17.9 Å². The van der Waals surface area contributed by atoms with Gasteiger partial charge >= 0.3 is 5.97 Å². The molecule has 0 saturated carbocycles. The number of rotatable bonds is 5. The molecule has 1 aromatic carbocycles. The summed E-state index contributed by atoms with van der Waals surface area (Å²) in [5, 5.41) is 13.6. The highest BCUT2D eigenvalue weighted by atomic mass is 35.5. The lowest BCUT2D eigenvalue weighted by Gasteiger charge is -2.17. The van der Waals surface area contributed by atoms with Gasteiger partial charge in [0.1, 0.15) is 0 Å². The maximum atomic E-state index is 10.9. The number of benzene rings is 1. The molecule has 6 heteroatoms. The minimum atomic E-state index is -0.846. The molecule has 3 N–H and O–H groups in total. The second kappa shape index (κ2) is 7.64. The Morgan fingerprint density at radius 2 is 2.15 bits per heavy atom. The van der Waals surface area contributed by atoms with Crippen LogP contribution in [0.4, 0.5) is 0 Å². The molecule has 108 valence electrons. The van der Waals surface area contributed by atoms with Crippen molar-refractivity contribution < 1.29 is 9.90 Å². The lowest BCUT2D eigenvalue weighted by atomic mass is 9.89. The Hall–Kier alpha value is -1.07. The van der Waals surface area contributed by atoms with Gasteiger partial charge in [-0.25, -0.2) is 0 Å². The van der Waals surface area contributed by atoms with Gasteiger partial charge in [-0.05, 0) is 52.2 Å². The van der Waals surface area contributed by atoms with Crippen LogP contribution in [-0.4, -0.2) is 17.6 Å². The number of carbonyl (C=O) groups is 1. The minimum Gasteiger partial charge on any atom is -0.481 e. The van der Waals surface area contributed by atoms with Gasteiger partial charge in [0.25, 0.3) is 0 Å². The zero-order chi connectivity index (χ0) is 13.8. The van der Waals surface area contributed by atoms with Crippen molar-refractivity contribution in [2.45, 2.75) is 12.3 Å². The van der Waals surface area contributed by atoms with E-state index < -0.39 is 5.97 Å². The molecule has 3 nitrogen and oxygen atoms in total. The van der Waals surface area contributed by atoms with Crippen LogP contribution in [0.25, 0.3) is 11.1 Å². The van der Waals surface area contributed by atoms with E-state index in [1.807, 2.05) is 29.0 Å². The van der Waals surface area contributed by atoms with Crippen LogP contribution in [0.3, 0.4) is 0 Å². The summed E-state index contributed by atoms with van der Waals surface area (Å²) in [5.74, 6) is -1.05. The molecule has 0 spiro atoms.